The molecule has 0 spiro atoms. The van der Waals surface area contributed by atoms with Crippen LogP contribution in [0.15, 0.2) is 0 Å². The van der Waals surface area contributed by atoms with Crippen LogP contribution >= 0.6 is 0 Å². The van der Waals surface area contributed by atoms with Crippen molar-refractivity contribution in [1.82, 2.24) is 5.32 Å². The molecular weight excluding hydrogens is 318 g/mol. The van der Waals surface area contributed by atoms with Gasteiger partial charge in [-0.25, -0.2) is 9.59 Å². The van der Waals surface area contributed by atoms with Gasteiger partial charge in [-0.1, -0.05) is 0 Å². The molecule has 13 heteroatoms. The van der Waals surface area contributed by atoms with Gasteiger partial charge in [0.1, 0.15) is 6.04 Å². The van der Waals surface area contributed by atoms with E-state index in [1.165, 1.54) is 0 Å². The Balaban J connectivity index is -0.0000000402. The molecule has 0 aliphatic carbocycles. The SMILES string of the molecule is O=C(O)CC(NC(C(=O)O)C(=O)O)C(=O)O.[H-].[H-].[H-].[H-].[Na+].[Na+].[Na+].[Na+]. The van der Waals surface area contributed by atoms with Crippen LogP contribution in [0.25, 0.3) is 0 Å². The predicted octanol–water partition coefficient (Wildman–Crippen LogP) is -13.5. The summed E-state index contributed by atoms with van der Waals surface area (Å²) in [6, 6.07) is -3.95. The molecule has 1 atom stereocenters. The first-order valence-corrected chi connectivity index (χ1v) is 3.92. The van der Waals surface area contributed by atoms with Crippen LogP contribution in [0.4, 0.5) is 0 Å². The number of nitrogens with one attached hydrogen (secondary N) is 1. The minimum absolute atomic E-state index is 0. The summed E-state index contributed by atoms with van der Waals surface area (Å²) < 4.78 is 0. The van der Waals surface area contributed by atoms with Crippen LogP contribution in [0, 0.1) is 0 Å². The minimum Gasteiger partial charge on any atom is -1.00 e. The number of hydrogen-bond donors (Lipinski definition) is 5. The van der Waals surface area contributed by atoms with E-state index >= 15 is 0 Å². The van der Waals surface area contributed by atoms with Gasteiger partial charge in [0.25, 0.3) is 0 Å². The number of carboxylic acid groups (broad SMARTS) is 4. The summed E-state index contributed by atoms with van der Waals surface area (Å²) in [5.41, 5.74) is 0. The van der Waals surface area contributed by atoms with Crippen LogP contribution in [0.3, 0.4) is 0 Å². The van der Waals surface area contributed by atoms with E-state index in [1.54, 1.807) is 5.32 Å². The van der Waals surface area contributed by atoms with Crippen molar-refractivity contribution in [3.63, 3.8) is 0 Å². The summed E-state index contributed by atoms with van der Waals surface area (Å²) in [6.07, 6.45) is -0.924. The average molecular weight is 331 g/mol. The molecule has 0 heterocycles. The molecule has 5 N–H and O–H groups in total. The Morgan fingerprint density at radius 2 is 1.15 bits per heavy atom. The number of hydrogen-bond acceptors (Lipinski definition) is 5. The van der Waals surface area contributed by atoms with Crippen LogP contribution in [0.1, 0.15) is 12.1 Å². The van der Waals surface area contributed by atoms with Crippen molar-refractivity contribution in [1.29, 1.82) is 0 Å². The second-order valence-electron chi connectivity index (χ2n) is 2.76. The number of carbonyl (C=O) groups is 4. The van der Waals surface area contributed by atoms with Gasteiger partial charge in [-0.2, -0.15) is 0 Å². The second-order valence-corrected chi connectivity index (χ2v) is 2.76. The van der Waals surface area contributed by atoms with E-state index < -0.39 is 42.4 Å². The van der Waals surface area contributed by atoms with Crippen LogP contribution in [-0.4, -0.2) is 56.4 Å². The molecule has 0 aromatic carbocycles. The van der Waals surface area contributed by atoms with Gasteiger partial charge in [0, 0.05) is 0 Å². The van der Waals surface area contributed by atoms with Crippen molar-refractivity contribution in [2.24, 2.45) is 0 Å². The fourth-order valence-corrected chi connectivity index (χ4v) is 0.842. The van der Waals surface area contributed by atoms with E-state index in [4.69, 9.17) is 20.4 Å². The third kappa shape index (κ3) is 14.8. The quantitative estimate of drug-likeness (QED) is 0.225. The molecule has 0 saturated carbocycles. The van der Waals surface area contributed by atoms with Gasteiger partial charge >= 0.3 is 142 Å². The zero-order valence-electron chi connectivity index (χ0n) is 15.8. The molecule has 0 aliphatic rings. The Morgan fingerprint density at radius 1 is 0.800 bits per heavy atom. The first kappa shape index (κ1) is 33.4. The monoisotopic (exact) mass is 331 g/mol. The maximum absolute atomic E-state index is 10.5. The van der Waals surface area contributed by atoms with E-state index in [0.717, 1.165) is 0 Å². The fourth-order valence-electron chi connectivity index (χ4n) is 0.842. The van der Waals surface area contributed by atoms with Gasteiger partial charge in [-0.3, -0.25) is 14.9 Å². The van der Waals surface area contributed by atoms with Crippen molar-refractivity contribution in [3.8, 4) is 0 Å². The molecular formula is C7H13NNa4O8. The fraction of sp³-hybridized carbons (Fsp3) is 0.429. The Hall–Kier alpha value is 1.84. The van der Waals surface area contributed by atoms with E-state index in [0.29, 0.717) is 0 Å². The zero-order chi connectivity index (χ0) is 12.9. The van der Waals surface area contributed by atoms with E-state index in [-0.39, 0.29) is 124 Å². The van der Waals surface area contributed by atoms with E-state index in [1.807, 2.05) is 0 Å². The Morgan fingerprint density at radius 3 is 1.35 bits per heavy atom. The summed E-state index contributed by atoms with van der Waals surface area (Å²) in [6.45, 7) is 0. The van der Waals surface area contributed by atoms with Gasteiger partial charge in [-0.05, 0) is 0 Å². The summed E-state index contributed by atoms with van der Waals surface area (Å²) in [5, 5.41) is 35.4. The first-order valence-electron chi connectivity index (χ1n) is 3.92. The molecule has 1 unspecified atom stereocenters. The molecule has 0 radical (unpaired) electrons. The summed E-state index contributed by atoms with van der Waals surface area (Å²) in [5.74, 6) is -6.74. The van der Waals surface area contributed by atoms with Crippen LogP contribution in [-0.2, 0) is 19.2 Å². The van der Waals surface area contributed by atoms with Crippen molar-refractivity contribution >= 4 is 23.9 Å². The van der Waals surface area contributed by atoms with Crippen LogP contribution < -0.4 is 124 Å². The molecule has 0 amide bonds. The van der Waals surface area contributed by atoms with Crippen LogP contribution in [0.2, 0.25) is 0 Å². The normalized spacial score (nSPS) is 9.65. The zero-order valence-corrected chi connectivity index (χ0v) is 19.8. The molecule has 98 valence electrons. The van der Waals surface area contributed by atoms with Crippen molar-refractivity contribution in [2.45, 2.75) is 18.5 Å². The molecule has 0 aliphatic heterocycles. The predicted molar refractivity (Wildman–Crippen MR) is 50.3 cm³/mol. The average Bonchev–Trinajstić information content (AvgIpc) is 2.09. The summed E-state index contributed by atoms with van der Waals surface area (Å²) in [4.78, 5) is 41.5. The van der Waals surface area contributed by atoms with Crippen molar-refractivity contribution < 1.29 is 164 Å². The molecule has 0 saturated heterocycles. The van der Waals surface area contributed by atoms with Crippen molar-refractivity contribution in [3.05, 3.63) is 0 Å². The Kier molecular flexibility index (Phi) is 28.8. The van der Waals surface area contributed by atoms with E-state index in [9.17, 15) is 19.2 Å². The minimum atomic E-state index is -2.17. The maximum atomic E-state index is 10.5. The van der Waals surface area contributed by atoms with E-state index in [2.05, 4.69) is 0 Å². The van der Waals surface area contributed by atoms with Crippen molar-refractivity contribution in [2.75, 3.05) is 0 Å². The second kappa shape index (κ2) is 17.2. The van der Waals surface area contributed by atoms with Gasteiger partial charge in [0.2, 0.25) is 6.04 Å². The Labute approximate surface area is 208 Å². The van der Waals surface area contributed by atoms with Gasteiger partial charge < -0.3 is 26.1 Å². The number of carboxylic acids is 4. The molecule has 0 aromatic rings. The van der Waals surface area contributed by atoms with Gasteiger partial charge in [0.05, 0.1) is 6.42 Å². The molecule has 0 fully saturated rings. The number of aliphatic carboxylic acids is 4. The molecule has 9 nitrogen and oxygen atoms in total. The third-order valence-corrected chi connectivity index (χ3v) is 1.54. The summed E-state index contributed by atoms with van der Waals surface area (Å²) >= 11 is 0. The van der Waals surface area contributed by atoms with Gasteiger partial charge in [-0.15, -0.1) is 0 Å². The van der Waals surface area contributed by atoms with Crippen LogP contribution in [0.5, 0.6) is 0 Å². The topological polar surface area (TPSA) is 161 Å². The Bertz CT molecular complexity index is 340. The molecule has 0 bridgehead atoms. The smallest absolute Gasteiger partial charge is 1.00 e. The molecule has 20 heavy (non-hydrogen) atoms. The van der Waals surface area contributed by atoms with Gasteiger partial charge in [0.15, 0.2) is 0 Å². The molecule has 0 rings (SSSR count). The summed E-state index contributed by atoms with van der Waals surface area (Å²) in [7, 11) is 0. The standard InChI is InChI=1S/C7H9NO8.4Na.4H/c9-3(10)1-2(5(11)12)8-4(6(13)14)7(15)16;;;;;;;;/h2,4,8H,1H2,(H,9,10)(H,11,12)(H,13,14)(H,15,16);;;;;;;;/q;4*+1;4*-1. The number of rotatable bonds is 7. The third-order valence-electron chi connectivity index (χ3n) is 1.54. The molecule has 0 aromatic heterocycles. The maximum Gasteiger partial charge on any atom is 1.00 e. The first-order chi connectivity index (χ1) is 7.25. The largest absolute Gasteiger partial charge is 1.00 e.